The molecule has 0 spiro atoms. The van der Waals surface area contributed by atoms with Crippen molar-refractivity contribution in [2.75, 3.05) is 0 Å². The maximum absolute atomic E-state index is 12.5. The van der Waals surface area contributed by atoms with E-state index in [0.717, 1.165) is 15.3 Å². The van der Waals surface area contributed by atoms with Crippen molar-refractivity contribution in [3.05, 3.63) is 42.2 Å². The average molecular weight is 354 g/mol. The summed E-state index contributed by atoms with van der Waals surface area (Å²) in [5, 5.41) is 3.14. The molecule has 0 aliphatic carbocycles. The zero-order valence-corrected chi connectivity index (χ0v) is 14.8. The van der Waals surface area contributed by atoms with Gasteiger partial charge in [-0.1, -0.05) is 13.8 Å². The van der Waals surface area contributed by atoms with Crippen molar-refractivity contribution in [3.8, 4) is 0 Å². The van der Waals surface area contributed by atoms with Crippen LogP contribution >= 0.6 is 22.9 Å². The highest BCUT2D eigenvalue weighted by atomic mass is 35.5. The number of nitrogens with zero attached hydrogens (tertiary/aromatic N) is 5. The standard InChI is InChI=1S/C14H16ClN5O2S/c1-7(2)11-16-8(6-23-11)5-20-9-10(17-13(20)15)18(3)14(22)19(4)12(9)21/h6-7H,5H2,1-4H3. The quantitative estimate of drug-likeness (QED) is 0.672. The van der Waals surface area contributed by atoms with E-state index in [-0.39, 0.29) is 10.9 Å². The number of halogens is 1. The molecule has 9 heteroatoms. The van der Waals surface area contributed by atoms with Crippen LogP contribution in [0.2, 0.25) is 5.28 Å². The lowest BCUT2D eigenvalue weighted by Crippen LogP contribution is -2.37. The lowest BCUT2D eigenvalue weighted by molar-refractivity contribution is 0.701. The van der Waals surface area contributed by atoms with Gasteiger partial charge in [0.1, 0.15) is 0 Å². The SMILES string of the molecule is CC(C)c1nc(Cn2c(Cl)nc3c2c(=O)n(C)c(=O)n3C)cs1. The molecule has 3 aromatic rings. The fourth-order valence-electron chi connectivity index (χ4n) is 2.39. The van der Waals surface area contributed by atoms with Crippen LogP contribution in [0.3, 0.4) is 0 Å². The van der Waals surface area contributed by atoms with E-state index in [4.69, 9.17) is 11.6 Å². The molecule has 0 N–H and O–H groups in total. The predicted octanol–water partition coefficient (Wildman–Crippen LogP) is 1.72. The van der Waals surface area contributed by atoms with Gasteiger partial charge in [-0.05, 0) is 11.6 Å². The fraction of sp³-hybridized carbons (Fsp3) is 0.429. The van der Waals surface area contributed by atoms with Crippen LogP contribution in [0.4, 0.5) is 0 Å². The van der Waals surface area contributed by atoms with Crippen molar-refractivity contribution >= 4 is 34.1 Å². The van der Waals surface area contributed by atoms with Gasteiger partial charge in [-0.2, -0.15) is 4.98 Å². The van der Waals surface area contributed by atoms with Gasteiger partial charge in [-0.3, -0.25) is 13.9 Å². The smallest absolute Gasteiger partial charge is 0.303 e. The first-order chi connectivity index (χ1) is 10.8. The van der Waals surface area contributed by atoms with E-state index in [9.17, 15) is 9.59 Å². The summed E-state index contributed by atoms with van der Waals surface area (Å²) in [6, 6.07) is 0. The van der Waals surface area contributed by atoms with E-state index >= 15 is 0 Å². The molecule has 3 rings (SSSR count). The van der Waals surface area contributed by atoms with Crippen LogP contribution in [0, 0.1) is 0 Å². The Hall–Kier alpha value is -1.93. The number of aryl methyl sites for hydroxylation is 1. The summed E-state index contributed by atoms with van der Waals surface area (Å²) in [4.78, 5) is 33.2. The van der Waals surface area contributed by atoms with Crippen LogP contribution in [0.1, 0.15) is 30.5 Å². The summed E-state index contributed by atoms with van der Waals surface area (Å²) in [6.07, 6.45) is 0. The van der Waals surface area contributed by atoms with E-state index in [1.54, 1.807) is 23.0 Å². The Balaban J connectivity index is 2.19. The van der Waals surface area contributed by atoms with Crippen molar-refractivity contribution in [1.29, 1.82) is 0 Å². The molecule has 0 amide bonds. The van der Waals surface area contributed by atoms with Gasteiger partial charge in [0.15, 0.2) is 11.2 Å². The van der Waals surface area contributed by atoms with Crippen molar-refractivity contribution in [1.82, 2.24) is 23.7 Å². The Bertz CT molecular complexity index is 1010. The summed E-state index contributed by atoms with van der Waals surface area (Å²) >= 11 is 7.78. The molecule has 0 aliphatic rings. The molecule has 0 bridgehead atoms. The summed E-state index contributed by atoms with van der Waals surface area (Å²) in [5.41, 5.74) is 0.554. The minimum absolute atomic E-state index is 0.164. The van der Waals surface area contributed by atoms with Gasteiger partial charge >= 0.3 is 5.69 Å². The van der Waals surface area contributed by atoms with Crippen LogP contribution in [0.15, 0.2) is 15.0 Å². The minimum atomic E-state index is -0.431. The van der Waals surface area contributed by atoms with Crippen molar-refractivity contribution in [2.45, 2.75) is 26.3 Å². The van der Waals surface area contributed by atoms with Crippen LogP contribution in [0.5, 0.6) is 0 Å². The van der Waals surface area contributed by atoms with Crippen LogP contribution in [-0.4, -0.2) is 23.7 Å². The lowest BCUT2D eigenvalue weighted by Gasteiger charge is -2.06. The molecule has 0 unspecified atom stereocenters. The molecule has 3 heterocycles. The minimum Gasteiger partial charge on any atom is -0.303 e. The van der Waals surface area contributed by atoms with Gasteiger partial charge in [-0.25, -0.2) is 9.78 Å². The first-order valence-electron chi connectivity index (χ1n) is 7.07. The maximum atomic E-state index is 12.5. The number of imidazole rings is 1. The summed E-state index contributed by atoms with van der Waals surface area (Å²) in [5.74, 6) is 0.345. The van der Waals surface area contributed by atoms with Crippen molar-refractivity contribution in [3.63, 3.8) is 0 Å². The summed E-state index contributed by atoms with van der Waals surface area (Å²) < 4.78 is 3.97. The van der Waals surface area contributed by atoms with E-state index in [2.05, 4.69) is 23.8 Å². The van der Waals surface area contributed by atoms with E-state index in [0.29, 0.717) is 18.0 Å². The van der Waals surface area contributed by atoms with Crippen LogP contribution < -0.4 is 11.2 Å². The molecular weight excluding hydrogens is 338 g/mol. The van der Waals surface area contributed by atoms with Gasteiger partial charge in [0.25, 0.3) is 5.56 Å². The average Bonchev–Trinajstić information content (AvgIpc) is 3.09. The Morgan fingerprint density at radius 2 is 1.91 bits per heavy atom. The third-order valence-corrected chi connectivity index (χ3v) is 5.17. The molecule has 0 aliphatic heterocycles. The summed E-state index contributed by atoms with van der Waals surface area (Å²) in [7, 11) is 3.01. The highest BCUT2D eigenvalue weighted by molar-refractivity contribution is 7.09. The number of hydrogen-bond acceptors (Lipinski definition) is 5. The molecule has 0 atom stereocenters. The van der Waals surface area contributed by atoms with Gasteiger partial charge in [0.05, 0.1) is 17.2 Å². The Morgan fingerprint density at radius 3 is 2.52 bits per heavy atom. The fourth-order valence-corrected chi connectivity index (χ4v) is 3.44. The number of hydrogen-bond donors (Lipinski definition) is 0. The Kier molecular flexibility index (Phi) is 3.89. The lowest BCUT2D eigenvalue weighted by atomic mass is 10.2. The summed E-state index contributed by atoms with van der Waals surface area (Å²) in [6.45, 7) is 4.49. The third kappa shape index (κ3) is 2.51. The molecule has 3 aromatic heterocycles. The second-order valence-electron chi connectivity index (χ2n) is 5.68. The molecule has 0 aromatic carbocycles. The zero-order valence-electron chi connectivity index (χ0n) is 13.2. The highest BCUT2D eigenvalue weighted by Gasteiger charge is 2.19. The molecule has 0 fully saturated rings. The number of rotatable bonds is 3. The molecule has 0 saturated carbocycles. The Labute approximate surface area is 140 Å². The second-order valence-corrected chi connectivity index (χ2v) is 6.90. The van der Waals surface area contributed by atoms with E-state index in [1.807, 2.05) is 5.38 Å². The number of fused-ring (bicyclic) bond motifs is 1. The Morgan fingerprint density at radius 1 is 1.22 bits per heavy atom. The predicted molar refractivity (Wildman–Crippen MR) is 90.5 cm³/mol. The molecule has 7 nitrogen and oxygen atoms in total. The highest BCUT2D eigenvalue weighted by Crippen LogP contribution is 2.22. The van der Waals surface area contributed by atoms with Crippen LogP contribution in [0.25, 0.3) is 11.2 Å². The monoisotopic (exact) mass is 353 g/mol. The topological polar surface area (TPSA) is 74.7 Å². The van der Waals surface area contributed by atoms with Gasteiger partial charge in [0.2, 0.25) is 5.28 Å². The molecular formula is C14H16ClN5O2S. The van der Waals surface area contributed by atoms with Crippen molar-refractivity contribution in [2.24, 2.45) is 14.1 Å². The van der Waals surface area contributed by atoms with Gasteiger partial charge < -0.3 is 4.57 Å². The molecule has 23 heavy (non-hydrogen) atoms. The first kappa shape index (κ1) is 15.9. The van der Waals surface area contributed by atoms with E-state index < -0.39 is 11.2 Å². The first-order valence-corrected chi connectivity index (χ1v) is 8.33. The van der Waals surface area contributed by atoms with Crippen LogP contribution in [-0.2, 0) is 20.6 Å². The second kappa shape index (κ2) is 5.61. The van der Waals surface area contributed by atoms with Gasteiger partial charge in [-0.15, -0.1) is 11.3 Å². The largest absolute Gasteiger partial charge is 0.332 e. The molecule has 122 valence electrons. The normalized spacial score (nSPS) is 11.7. The van der Waals surface area contributed by atoms with Gasteiger partial charge in [0, 0.05) is 25.4 Å². The molecule has 0 saturated heterocycles. The number of thiazole rings is 1. The molecule has 0 radical (unpaired) electrons. The maximum Gasteiger partial charge on any atom is 0.332 e. The van der Waals surface area contributed by atoms with E-state index in [1.165, 1.54) is 11.6 Å². The third-order valence-electron chi connectivity index (χ3n) is 3.68. The number of aromatic nitrogens is 5. The van der Waals surface area contributed by atoms with Crippen molar-refractivity contribution < 1.29 is 0 Å². The zero-order chi connectivity index (χ0) is 16.9.